The second kappa shape index (κ2) is 6.16. The quantitative estimate of drug-likeness (QED) is 0.916. The van der Waals surface area contributed by atoms with Gasteiger partial charge in [-0.1, -0.05) is 24.3 Å². The van der Waals surface area contributed by atoms with Gasteiger partial charge in [-0.25, -0.2) is 8.78 Å². The van der Waals surface area contributed by atoms with Crippen LogP contribution >= 0.6 is 11.3 Å². The van der Waals surface area contributed by atoms with Gasteiger partial charge in [-0.3, -0.25) is 0 Å². The topological polar surface area (TPSA) is 37.8 Å². The number of nitrogens with zero attached hydrogens (tertiary/aromatic N) is 2. The standard InChI is InChI=1S/C13H15F2N3S/c1-3-16-8(2)13-18-17-12(19-13)7-9-4-5-10(14)11(15)6-9/h4-6,8,16H,3,7H2,1-2H3. The van der Waals surface area contributed by atoms with Crippen LogP contribution in [0.4, 0.5) is 8.78 Å². The summed E-state index contributed by atoms with van der Waals surface area (Å²) in [6.45, 7) is 4.91. The number of rotatable bonds is 5. The summed E-state index contributed by atoms with van der Waals surface area (Å²) in [7, 11) is 0. The Labute approximate surface area is 114 Å². The first kappa shape index (κ1) is 14.0. The molecule has 102 valence electrons. The molecule has 1 atom stereocenters. The summed E-state index contributed by atoms with van der Waals surface area (Å²) in [5.41, 5.74) is 0.692. The summed E-state index contributed by atoms with van der Waals surface area (Å²) >= 11 is 1.48. The van der Waals surface area contributed by atoms with Gasteiger partial charge in [-0.05, 0) is 31.2 Å². The lowest BCUT2D eigenvalue weighted by Gasteiger charge is -2.06. The number of benzene rings is 1. The van der Waals surface area contributed by atoms with E-state index in [-0.39, 0.29) is 6.04 Å². The molecule has 6 heteroatoms. The molecule has 1 aromatic heterocycles. The summed E-state index contributed by atoms with van der Waals surface area (Å²) in [5, 5.41) is 13.1. The van der Waals surface area contributed by atoms with Crippen molar-refractivity contribution in [1.82, 2.24) is 15.5 Å². The van der Waals surface area contributed by atoms with E-state index in [2.05, 4.69) is 15.5 Å². The summed E-state index contributed by atoms with van der Waals surface area (Å²) < 4.78 is 25.9. The van der Waals surface area contributed by atoms with E-state index in [9.17, 15) is 8.78 Å². The van der Waals surface area contributed by atoms with Crippen molar-refractivity contribution in [3.05, 3.63) is 45.4 Å². The lowest BCUT2D eigenvalue weighted by molar-refractivity contribution is 0.507. The molecule has 0 aliphatic rings. The highest BCUT2D eigenvalue weighted by Gasteiger charge is 2.12. The third-order valence-corrected chi connectivity index (χ3v) is 3.81. The molecule has 0 fully saturated rings. The average molecular weight is 283 g/mol. The van der Waals surface area contributed by atoms with Gasteiger partial charge in [0.25, 0.3) is 0 Å². The van der Waals surface area contributed by atoms with E-state index in [1.807, 2.05) is 13.8 Å². The fourth-order valence-corrected chi connectivity index (χ4v) is 2.63. The van der Waals surface area contributed by atoms with Crippen molar-refractivity contribution < 1.29 is 8.78 Å². The summed E-state index contributed by atoms with van der Waals surface area (Å²) in [5.74, 6) is -1.66. The molecule has 0 aliphatic heterocycles. The summed E-state index contributed by atoms with van der Waals surface area (Å²) in [4.78, 5) is 0. The van der Waals surface area contributed by atoms with Crippen LogP contribution in [0.3, 0.4) is 0 Å². The van der Waals surface area contributed by atoms with E-state index in [4.69, 9.17) is 0 Å². The van der Waals surface area contributed by atoms with Crippen LogP contribution in [0.25, 0.3) is 0 Å². The van der Waals surface area contributed by atoms with Gasteiger partial charge in [0.1, 0.15) is 10.0 Å². The molecular formula is C13H15F2N3S. The molecule has 3 nitrogen and oxygen atoms in total. The largest absolute Gasteiger partial charge is 0.308 e. The molecule has 1 aromatic carbocycles. The van der Waals surface area contributed by atoms with Crippen molar-refractivity contribution in [2.75, 3.05) is 6.54 Å². The fraction of sp³-hybridized carbons (Fsp3) is 0.385. The maximum absolute atomic E-state index is 13.1. The van der Waals surface area contributed by atoms with Gasteiger partial charge < -0.3 is 5.32 Å². The van der Waals surface area contributed by atoms with E-state index in [0.29, 0.717) is 12.0 Å². The molecule has 1 heterocycles. The first-order valence-electron chi connectivity index (χ1n) is 6.09. The molecule has 0 saturated carbocycles. The van der Waals surface area contributed by atoms with Crippen LogP contribution in [-0.2, 0) is 6.42 Å². The van der Waals surface area contributed by atoms with Gasteiger partial charge in [-0.2, -0.15) is 0 Å². The Morgan fingerprint density at radius 1 is 1.26 bits per heavy atom. The van der Waals surface area contributed by atoms with Crippen LogP contribution in [0.1, 0.15) is 35.5 Å². The zero-order valence-corrected chi connectivity index (χ0v) is 11.6. The molecule has 2 rings (SSSR count). The Bertz CT molecular complexity index is 557. The minimum absolute atomic E-state index is 0.154. The van der Waals surface area contributed by atoms with Crippen molar-refractivity contribution >= 4 is 11.3 Å². The highest BCUT2D eigenvalue weighted by atomic mass is 32.1. The van der Waals surface area contributed by atoms with Crippen LogP contribution in [0.2, 0.25) is 0 Å². The van der Waals surface area contributed by atoms with Gasteiger partial charge in [-0.15, -0.1) is 10.2 Å². The number of hydrogen-bond acceptors (Lipinski definition) is 4. The third-order valence-electron chi connectivity index (χ3n) is 2.70. The second-order valence-corrected chi connectivity index (χ2v) is 5.33. The predicted molar refractivity (Wildman–Crippen MR) is 71.2 cm³/mol. The molecular weight excluding hydrogens is 268 g/mol. The van der Waals surface area contributed by atoms with Crippen LogP contribution in [0.5, 0.6) is 0 Å². The van der Waals surface area contributed by atoms with Gasteiger partial charge in [0.05, 0.1) is 6.04 Å². The molecule has 0 bridgehead atoms. The van der Waals surface area contributed by atoms with Crippen LogP contribution in [-0.4, -0.2) is 16.7 Å². The lowest BCUT2D eigenvalue weighted by Crippen LogP contribution is -2.17. The summed E-state index contributed by atoms with van der Waals surface area (Å²) in [6, 6.07) is 4.05. The second-order valence-electron chi connectivity index (χ2n) is 4.24. The van der Waals surface area contributed by atoms with Crippen molar-refractivity contribution in [2.45, 2.75) is 26.3 Å². The van der Waals surface area contributed by atoms with Crippen molar-refractivity contribution in [3.8, 4) is 0 Å². The van der Waals surface area contributed by atoms with Gasteiger partial charge in [0, 0.05) is 6.42 Å². The molecule has 2 aromatic rings. The molecule has 1 unspecified atom stereocenters. The maximum Gasteiger partial charge on any atom is 0.159 e. The number of aromatic nitrogens is 2. The molecule has 0 radical (unpaired) electrons. The Kier molecular flexibility index (Phi) is 4.55. The molecule has 1 N–H and O–H groups in total. The number of hydrogen-bond donors (Lipinski definition) is 1. The van der Waals surface area contributed by atoms with Crippen molar-refractivity contribution in [2.24, 2.45) is 0 Å². The van der Waals surface area contributed by atoms with Gasteiger partial charge in [0.15, 0.2) is 11.6 Å². The lowest BCUT2D eigenvalue weighted by atomic mass is 10.1. The average Bonchev–Trinajstić information content (AvgIpc) is 2.83. The van der Waals surface area contributed by atoms with Crippen LogP contribution in [0.15, 0.2) is 18.2 Å². The van der Waals surface area contributed by atoms with Crippen molar-refractivity contribution in [1.29, 1.82) is 0 Å². The fourth-order valence-electron chi connectivity index (χ4n) is 1.73. The zero-order valence-electron chi connectivity index (χ0n) is 10.8. The summed E-state index contributed by atoms with van der Waals surface area (Å²) in [6.07, 6.45) is 0.466. The number of nitrogens with one attached hydrogen (secondary N) is 1. The first-order chi connectivity index (χ1) is 9.10. The Hall–Kier alpha value is -1.40. The van der Waals surface area contributed by atoms with Crippen LogP contribution < -0.4 is 5.32 Å². The molecule has 19 heavy (non-hydrogen) atoms. The smallest absolute Gasteiger partial charge is 0.159 e. The van der Waals surface area contributed by atoms with E-state index in [1.165, 1.54) is 17.4 Å². The van der Waals surface area contributed by atoms with Gasteiger partial charge >= 0.3 is 0 Å². The minimum Gasteiger partial charge on any atom is -0.308 e. The monoisotopic (exact) mass is 283 g/mol. The van der Waals surface area contributed by atoms with E-state index < -0.39 is 11.6 Å². The molecule has 0 spiro atoms. The Morgan fingerprint density at radius 2 is 2.05 bits per heavy atom. The van der Waals surface area contributed by atoms with Crippen LogP contribution in [0, 0.1) is 11.6 Å². The normalized spacial score (nSPS) is 12.6. The maximum atomic E-state index is 13.1. The Balaban J connectivity index is 2.09. The van der Waals surface area contributed by atoms with Gasteiger partial charge in [0.2, 0.25) is 0 Å². The SMILES string of the molecule is CCNC(C)c1nnc(Cc2ccc(F)c(F)c2)s1. The minimum atomic E-state index is -0.831. The molecule has 0 amide bonds. The molecule has 0 saturated heterocycles. The van der Waals surface area contributed by atoms with E-state index in [0.717, 1.165) is 22.6 Å². The number of halogens is 2. The zero-order chi connectivity index (χ0) is 13.8. The van der Waals surface area contributed by atoms with E-state index in [1.54, 1.807) is 6.07 Å². The third kappa shape index (κ3) is 3.54. The van der Waals surface area contributed by atoms with E-state index >= 15 is 0 Å². The first-order valence-corrected chi connectivity index (χ1v) is 6.91. The highest BCUT2D eigenvalue weighted by molar-refractivity contribution is 7.11. The predicted octanol–water partition coefficient (Wildman–Crippen LogP) is 3.08. The Morgan fingerprint density at radius 3 is 2.74 bits per heavy atom. The van der Waals surface area contributed by atoms with Crippen molar-refractivity contribution in [3.63, 3.8) is 0 Å². The highest BCUT2D eigenvalue weighted by Crippen LogP contribution is 2.20. The molecule has 0 aliphatic carbocycles.